The zero-order chi connectivity index (χ0) is 12.1. The molecule has 0 fully saturated rings. The molecular weight excluding hydrogens is 222 g/mol. The number of nitrogens with zero attached hydrogens (tertiary/aromatic N) is 2. The van der Waals surface area contributed by atoms with Crippen molar-refractivity contribution in [3.63, 3.8) is 0 Å². The molecule has 0 aromatic carbocycles. The quantitative estimate of drug-likeness (QED) is 0.782. The third kappa shape index (κ3) is 3.15. The van der Waals surface area contributed by atoms with E-state index in [1.165, 1.54) is 0 Å². The lowest BCUT2D eigenvalue weighted by atomic mass is 10.2. The summed E-state index contributed by atoms with van der Waals surface area (Å²) >= 11 is 4.90. The molecule has 0 saturated carbocycles. The Kier molecular flexibility index (Phi) is 4.64. The van der Waals surface area contributed by atoms with Crippen LogP contribution >= 0.6 is 12.2 Å². The Hall–Kier alpha value is -1.20. The Morgan fingerprint density at radius 1 is 1.69 bits per heavy atom. The minimum absolute atomic E-state index is 0.284. The van der Waals surface area contributed by atoms with E-state index in [0.717, 1.165) is 5.69 Å². The van der Waals surface area contributed by atoms with Crippen LogP contribution in [0.1, 0.15) is 12.6 Å². The largest absolute Gasteiger partial charge is 0.388 e. The first-order chi connectivity index (χ1) is 7.56. The topological polar surface area (TPSA) is 51.4 Å². The standard InChI is InChI=1S/C11H17N3OS/c1-8(7-15-3)14(2)9-4-5-13-10(6-9)11(12)16/h4-6,8H,7H2,1-3H3,(H2,12,16). The first-order valence-electron chi connectivity index (χ1n) is 5.04. The van der Waals surface area contributed by atoms with Gasteiger partial charge in [-0.05, 0) is 19.1 Å². The number of rotatable bonds is 5. The van der Waals surface area contributed by atoms with Crippen LogP contribution in [-0.2, 0) is 4.74 Å². The van der Waals surface area contributed by atoms with Crippen molar-refractivity contribution in [3.05, 3.63) is 24.0 Å². The molecule has 16 heavy (non-hydrogen) atoms. The van der Waals surface area contributed by atoms with Gasteiger partial charge in [-0.3, -0.25) is 4.98 Å². The maximum Gasteiger partial charge on any atom is 0.122 e. The van der Waals surface area contributed by atoms with Crippen molar-refractivity contribution in [2.75, 3.05) is 25.7 Å². The van der Waals surface area contributed by atoms with Crippen LogP contribution in [0.2, 0.25) is 0 Å². The fourth-order valence-corrected chi connectivity index (χ4v) is 1.49. The summed E-state index contributed by atoms with van der Waals surface area (Å²) < 4.78 is 5.12. The molecule has 1 aromatic rings. The molecule has 1 heterocycles. The number of nitrogens with two attached hydrogens (primary N) is 1. The van der Waals surface area contributed by atoms with Gasteiger partial charge in [-0.15, -0.1) is 0 Å². The fourth-order valence-electron chi connectivity index (χ4n) is 1.38. The van der Waals surface area contributed by atoms with Gasteiger partial charge in [-0.25, -0.2) is 0 Å². The van der Waals surface area contributed by atoms with Crippen molar-refractivity contribution in [1.29, 1.82) is 0 Å². The summed E-state index contributed by atoms with van der Waals surface area (Å²) in [5.74, 6) is 0. The number of likely N-dealkylation sites (N-methyl/N-ethyl adjacent to an activating group) is 1. The predicted molar refractivity (Wildman–Crippen MR) is 69.9 cm³/mol. The van der Waals surface area contributed by atoms with Crippen LogP contribution < -0.4 is 10.6 Å². The molecule has 1 atom stereocenters. The highest BCUT2D eigenvalue weighted by Gasteiger charge is 2.10. The van der Waals surface area contributed by atoms with Gasteiger partial charge in [0.25, 0.3) is 0 Å². The van der Waals surface area contributed by atoms with Crippen molar-refractivity contribution in [2.24, 2.45) is 5.73 Å². The number of thiocarbonyl (C=S) groups is 1. The van der Waals surface area contributed by atoms with Crippen molar-refractivity contribution in [1.82, 2.24) is 4.98 Å². The molecule has 0 spiro atoms. The van der Waals surface area contributed by atoms with E-state index in [2.05, 4.69) is 16.8 Å². The minimum atomic E-state index is 0.284. The molecule has 1 unspecified atom stereocenters. The molecular formula is C11H17N3OS. The first kappa shape index (κ1) is 12.9. The second kappa shape index (κ2) is 5.77. The molecule has 5 heteroatoms. The summed E-state index contributed by atoms with van der Waals surface area (Å²) in [7, 11) is 3.69. The minimum Gasteiger partial charge on any atom is -0.388 e. The highest BCUT2D eigenvalue weighted by Crippen LogP contribution is 2.15. The molecule has 2 N–H and O–H groups in total. The molecule has 0 aliphatic rings. The number of pyridine rings is 1. The van der Waals surface area contributed by atoms with Crippen LogP contribution in [-0.4, -0.2) is 36.8 Å². The molecule has 0 amide bonds. The molecule has 88 valence electrons. The van der Waals surface area contributed by atoms with Crippen molar-refractivity contribution in [3.8, 4) is 0 Å². The van der Waals surface area contributed by atoms with E-state index in [9.17, 15) is 0 Å². The number of methoxy groups -OCH3 is 1. The lowest BCUT2D eigenvalue weighted by Crippen LogP contribution is -2.32. The number of aromatic nitrogens is 1. The SMILES string of the molecule is COCC(C)N(C)c1ccnc(C(N)=S)c1. The van der Waals surface area contributed by atoms with E-state index in [1.807, 2.05) is 19.2 Å². The number of hydrogen-bond donors (Lipinski definition) is 1. The van der Waals surface area contributed by atoms with Gasteiger partial charge in [0.15, 0.2) is 0 Å². The summed E-state index contributed by atoms with van der Waals surface area (Å²) in [6.07, 6.45) is 1.71. The summed E-state index contributed by atoms with van der Waals surface area (Å²) in [6, 6.07) is 4.09. The van der Waals surface area contributed by atoms with Gasteiger partial charge in [0, 0.05) is 32.1 Å². The average Bonchev–Trinajstić information content (AvgIpc) is 2.28. The molecule has 0 radical (unpaired) electrons. The van der Waals surface area contributed by atoms with Gasteiger partial charge in [0.2, 0.25) is 0 Å². The fraction of sp³-hybridized carbons (Fsp3) is 0.455. The van der Waals surface area contributed by atoms with Gasteiger partial charge < -0.3 is 15.4 Å². The second-order valence-corrected chi connectivity index (χ2v) is 4.12. The highest BCUT2D eigenvalue weighted by atomic mass is 32.1. The lowest BCUT2D eigenvalue weighted by molar-refractivity contribution is 0.183. The van der Waals surface area contributed by atoms with Crippen molar-refractivity contribution < 1.29 is 4.74 Å². The highest BCUT2D eigenvalue weighted by molar-refractivity contribution is 7.80. The maximum absolute atomic E-state index is 5.54. The number of ether oxygens (including phenoxy) is 1. The van der Waals surface area contributed by atoms with Crippen molar-refractivity contribution in [2.45, 2.75) is 13.0 Å². The molecule has 0 saturated heterocycles. The Labute approximate surface area is 101 Å². The second-order valence-electron chi connectivity index (χ2n) is 3.68. The number of hydrogen-bond acceptors (Lipinski definition) is 4. The van der Waals surface area contributed by atoms with E-state index in [0.29, 0.717) is 17.3 Å². The van der Waals surface area contributed by atoms with Crippen LogP contribution in [0.15, 0.2) is 18.3 Å². The van der Waals surface area contributed by atoms with Crippen LogP contribution in [0.25, 0.3) is 0 Å². The van der Waals surface area contributed by atoms with Crippen LogP contribution in [0, 0.1) is 0 Å². The molecule has 0 aliphatic carbocycles. The average molecular weight is 239 g/mol. The Morgan fingerprint density at radius 2 is 2.38 bits per heavy atom. The summed E-state index contributed by atoms with van der Waals surface area (Å²) in [5.41, 5.74) is 7.22. The lowest BCUT2D eigenvalue weighted by Gasteiger charge is -2.26. The molecule has 1 rings (SSSR count). The van der Waals surface area contributed by atoms with E-state index in [-0.39, 0.29) is 6.04 Å². The third-order valence-electron chi connectivity index (χ3n) is 2.47. The van der Waals surface area contributed by atoms with Gasteiger partial charge in [-0.2, -0.15) is 0 Å². The van der Waals surface area contributed by atoms with E-state index in [1.54, 1.807) is 13.3 Å². The van der Waals surface area contributed by atoms with E-state index >= 15 is 0 Å². The zero-order valence-corrected chi connectivity index (χ0v) is 10.6. The maximum atomic E-state index is 5.54. The van der Waals surface area contributed by atoms with Gasteiger partial charge >= 0.3 is 0 Å². The van der Waals surface area contributed by atoms with Crippen LogP contribution in [0.4, 0.5) is 5.69 Å². The number of anilines is 1. The van der Waals surface area contributed by atoms with Crippen molar-refractivity contribution >= 4 is 22.9 Å². The summed E-state index contributed by atoms with van der Waals surface area (Å²) in [5, 5.41) is 0. The third-order valence-corrected chi connectivity index (χ3v) is 2.68. The Balaban J connectivity index is 2.86. The molecule has 0 bridgehead atoms. The van der Waals surface area contributed by atoms with E-state index < -0.39 is 0 Å². The smallest absolute Gasteiger partial charge is 0.122 e. The molecule has 0 aliphatic heterocycles. The summed E-state index contributed by atoms with van der Waals surface area (Å²) in [6.45, 7) is 2.76. The Morgan fingerprint density at radius 3 is 2.94 bits per heavy atom. The first-order valence-corrected chi connectivity index (χ1v) is 5.44. The molecule has 1 aromatic heterocycles. The monoisotopic (exact) mass is 239 g/mol. The summed E-state index contributed by atoms with van der Waals surface area (Å²) in [4.78, 5) is 6.52. The van der Waals surface area contributed by atoms with Gasteiger partial charge in [0.1, 0.15) is 4.99 Å². The van der Waals surface area contributed by atoms with Gasteiger partial charge in [0.05, 0.1) is 12.3 Å². The van der Waals surface area contributed by atoms with Gasteiger partial charge in [-0.1, -0.05) is 12.2 Å². The normalized spacial score (nSPS) is 12.2. The van der Waals surface area contributed by atoms with Crippen LogP contribution in [0.3, 0.4) is 0 Å². The van der Waals surface area contributed by atoms with Crippen LogP contribution in [0.5, 0.6) is 0 Å². The zero-order valence-electron chi connectivity index (χ0n) is 9.80. The predicted octanol–water partition coefficient (Wildman–Crippen LogP) is 1.19. The van der Waals surface area contributed by atoms with E-state index in [4.69, 9.17) is 22.7 Å². The molecule has 4 nitrogen and oxygen atoms in total. The Bertz CT molecular complexity index is 370.